The van der Waals surface area contributed by atoms with E-state index in [9.17, 15) is 14.4 Å². The predicted molar refractivity (Wildman–Crippen MR) is 105 cm³/mol. The average molecular weight is 438 g/mol. The lowest BCUT2D eigenvalue weighted by atomic mass is 10.3. The van der Waals surface area contributed by atoms with E-state index >= 15 is 0 Å². The minimum Gasteiger partial charge on any atom is -0.325 e. The molecule has 10 heteroatoms. The molecule has 0 aliphatic rings. The summed E-state index contributed by atoms with van der Waals surface area (Å²) >= 11 is 4.55. The molecule has 0 spiro atoms. The molecule has 2 heterocycles. The maximum atomic E-state index is 12.3. The highest BCUT2D eigenvalue weighted by Crippen LogP contribution is 2.21. The van der Waals surface area contributed by atoms with Crippen LogP contribution in [0.1, 0.15) is 0 Å². The van der Waals surface area contributed by atoms with Gasteiger partial charge < -0.3 is 9.88 Å². The second-order valence-electron chi connectivity index (χ2n) is 5.68. The quantitative estimate of drug-likeness (QED) is 0.623. The first-order valence-electron chi connectivity index (χ1n) is 7.60. The van der Waals surface area contributed by atoms with E-state index in [-0.39, 0.29) is 17.2 Å². The summed E-state index contributed by atoms with van der Waals surface area (Å²) in [6.07, 6.45) is 0. The SMILES string of the molecule is Cn1c(=O)c2nc(SCC(=O)Nc3cccc(Br)c3)n(C)c2n(C)c1=O. The van der Waals surface area contributed by atoms with E-state index in [2.05, 4.69) is 26.2 Å². The Kier molecular flexibility index (Phi) is 5.05. The summed E-state index contributed by atoms with van der Waals surface area (Å²) in [6, 6.07) is 7.29. The summed E-state index contributed by atoms with van der Waals surface area (Å²) < 4.78 is 4.91. The number of halogens is 1. The van der Waals surface area contributed by atoms with Crippen LogP contribution in [0.3, 0.4) is 0 Å². The Morgan fingerprint density at radius 2 is 1.92 bits per heavy atom. The highest BCUT2D eigenvalue weighted by atomic mass is 79.9. The third-order valence-corrected chi connectivity index (χ3v) is 5.39. The molecule has 8 nitrogen and oxygen atoms in total. The molecule has 0 atom stereocenters. The molecule has 26 heavy (non-hydrogen) atoms. The van der Waals surface area contributed by atoms with E-state index in [1.165, 1.54) is 23.4 Å². The molecule has 1 amide bonds. The van der Waals surface area contributed by atoms with Crippen molar-refractivity contribution in [3.63, 3.8) is 0 Å². The van der Waals surface area contributed by atoms with Crippen LogP contribution in [0.2, 0.25) is 0 Å². The Balaban J connectivity index is 1.84. The first-order valence-corrected chi connectivity index (χ1v) is 9.38. The number of nitrogens with one attached hydrogen (secondary N) is 1. The standard InChI is InChI=1S/C16H16BrN5O3S/c1-20-13-12(14(24)22(3)16(25)21(13)2)19-15(20)26-8-11(23)18-10-6-4-5-9(17)7-10/h4-7H,8H2,1-3H3,(H,18,23). The smallest absolute Gasteiger partial charge is 0.325 e. The summed E-state index contributed by atoms with van der Waals surface area (Å²) in [6.45, 7) is 0. The molecule has 136 valence electrons. The van der Waals surface area contributed by atoms with Crippen LogP contribution in [0.4, 0.5) is 5.69 Å². The van der Waals surface area contributed by atoms with E-state index in [1.54, 1.807) is 30.8 Å². The monoisotopic (exact) mass is 437 g/mol. The third kappa shape index (κ3) is 3.34. The van der Waals surface area contributed by atoms with Gasteiger partial charge >= 0.3 is 5.69 Å². The normalized spacial score (nSPS) is 11.1. The number of carbonyl (C=O) groups excluding carboxylic acids is 1. The highest BCUT2D eigenvalue weighted by molar-refractivity contribution is 9.10. The van der Waals surface area contributed by atoms with Gasteiger partial charge in [0.25, 0.3) is 5.56 Å². The van der Waals surface area contributed by atoms with E-state index in [4.69, 9.17) is 0 Å². The molecule has 2 aromatic heterocycles. The number of amides is 1. The van der Waals surface area contributed by atoms with E-state index in [0.717, 1.165) is 9.04 Å². The molecule has 0 fully saturated rings. The second-order valence-corrected chi connectivity index (χ2v) is 7.54. The van der Waals surface area contributed by atoms with Gasteiger partial charge in [0.05, 0.1) is 5.75 Å². The van der Waals surface area contributed by atoms with Crippen LogP contribution in [0.15, 0.2) is 43.5 Å². The van der Waals surface area contributed by atoms with Gasteiger partial charge in [-0.05, 0) is 18.2 Å². The number of nitrogens with zero attached hydrogens (tertiary/aromatic N) is 4. The maximum absolute atomic E-state index is 12.3. The van der Waals surface area contributed by atoms with Crippen LogP contribution in [-0.4, -0.2) is 30.3 Å². The van der Waals surface area contributed by atoms with Crippen molar-refractivity contribution in [2.24, 2.45) is 21.1 Å². The van der Waals surface area contributed by atoms with Crippen molar-refractivity contribution in [3.05, 3.63) is 49.6 Å². The number of aromatic nitrogens is 4. The van der Waals surface area contributed by atoms with Crippen molar-refractivity contribution in [1.29, 1.82) is 0 Å². The number of hydrogen-bond acceptors (Lipinski definition) is 5. The van der Waals surface area contributed by atoms with Crippen molar-refractivity contribution in [2.75, 3.05) is 11.1 Å². The van der Waals surface area contributed by atoms with Gasteiger partial charge in [-0.2, -0.15) is 0 Å². The van der Waals surface area contributed by atoms with Crippen LogP contribution < -0.4 is 16.6 Å². The molecule has 0 unspecified atom stereocenters. The van der Waals surface area contributed by atoms with Crippen LogP contribution in [-0.2, 0) is 25.9 Å². The maximum Gasteiger partial charge on any atom is 0.332 e. The molecule has 0 aliphatic carbocycles. The number of hydrogen-bond donors (Lipinski definition) is 1. The van der Waals surface area contributed by atoms with Gasteiger partial charge in [-0.15, -0.1) is 0 Å². The van der Waals surface area contributed by atoms with E-state index in [1.807, 2.05) is 12.1 Å². The largest absolute Gasteiger partial charge is 0.332 e. The van der Waals surface area contributed by atoms with Crippen LogP contribution >= 0.6 is 27.7 Å². The number of carbonyl (C=O) groups is 1. The topological polar surface area (TPSA) is 90.9 Å². The summed E-state index contributed by atoms with van der Waals surface area (Å²) in [7, 11) is 4.71. The minimum absolute atomic E-state index is 0.123. The van der Waals surface area contributed by atoms with Crippen molar-refractivity contribution in [3.8, 4) is 0 Å². The molecule has 0 bridgehead atoms. The molecule has 0 saturated carbocycles. The summed E-state index contributed by atoms with van der Waals surface area (Å²) in [5.74, 6) is -0.0697. The van der Waals surface area contributed by atoms with Crippen molar-refractivity contribution < 1.29 is 4.79 Å². The lowest BCUT2D eigenvalue weighted by Gasteiger charge is -2.07. The lowest BCUT2D eigenvalue weighted by molar-refractivity contribution is -0.113. The molecule has 3 rings (SSSR count). The molecule has 0 aliphatic heterocycles. The Morgan fingerprint density at radius 1 is 1.19 bits per heavy atom. The molecule has 3 aromatic rings. The zero-order valence-corrected chi connectivity index (χ0v) is 16.7. The summed E-state index contributed by atoms with van der Waals surface area (Å²) in [5.41, 5.74) is 0.435. The minimum atomic E-state index is -0.455. The van der Waals surface area contributed by atoms with E-state index < -0.39 is 11.2 Å². The molecule has 0 saturated heterocycles. The Labute approximate surface area is 161 Å². The fraction of sp³-hybridized carbons (Fsp3) is 0.250. The molecule has 1 N–H and O–H groups in total. The predicted octanol–water partition coefficient (Wildman–Crippen LogP) is 1.46. The summed E-state index contributed by atoms with van der Waals surface area (Å²) in [5, 5.41) is 3.29. The average Bonchev–Trinajstić information content (AvgIpc) is 2.93. The van der Waals surface area contributed by atoms with E-state index in [0.29, 0.717) is 16.5 Å². The van der Waals surface area contributed by atoms with Crippen LogP contribution in [0, 0.1) is 0 Å². The Hall–Kier alpha value is -2.33. The van der Waals surface area contributed by atoms with Gasteiger partial charge in [-0.1, -0.05) is 33.8 Å². The Bertz CT molecular complexity index is 1130. The van der Waals surface area contributed by atoms with Gasteiger partial charge in [0.2, 0.25) is 5.91 Å². The van der Waals surface area contributed by atoms with Gasteiger partial charge in [0, 0.05) is 31.3 Å². The molecule has 1 aromatic carbocycles. The third-order valence-electron chi connectivity index (χ3n) is 3.86. The number of benzene rings is 1. The first kappa shape index (κ1) is 18.5. The number of aryl methyl sites for hydroxylation is 2. The molecular formula is C16H16BrN5O3S. The van der Waals surface area contributed by atoms with Gasteiger partial charge in [0.1, 0.15) is 0 Å². The first-order chi connectivity index (χ1) is 12.3. The number of fused-ring (bicyclic) bond motifs is 1. The number of thioether (sulfide) groups is 1. The van der Waals surface area contributed by atoms with Crippen LogP contribution in [0.5, 0.6) is 0 Å². The lowest BCUT2D eigenvalue weighted by Crippen LogP contribution is -2.37. The van der Waals surface area contributed by atoms with Crippen molar-refractivity contribution in [1.82, 2.24) is 18.7 Å². The van der Waals surface area contributed by atoms with Gasteiger partial charge in [0.15, 0.2) is 16.3 Å². The van der Waals surface area contributed by atoms with Crippen molar-refractivity contribution >= 4 is 50.5 Å². The zero-order valence-electron chi connectivity index (χ0n) is 14.3. The van der Waals surface area contributed by atoms with Gasteiger partial charge in [-0.25, -0.2) is 9.78 Å². The Morgan fingerprint density at radius 3 is 2.62 bits per heavy atom. The summed E-state index contributed by atoms with van der Waals surface area (Å²) in [4.78, 5) is 40.8. The van der Waals surface area contributed by atoms with Crippen LogP contribution in [0.25, 0.3) is 11.2 Å². The fourth-order valence-corrected chi connectivity index (χ4v) is 3.75. The van der Waals surface area contributed by atoms with Gasteiger partial charge in [-0.3, -0.25) is 18.7 Å². The molecule has 0 radical (unpaired) electrons. The second kappa shape index (κ2) is 7.12. The number of imidazole rings is 1. The molecular weight excluding hydrogens is 422 g/mol. The highest BCUT2D eigenvalue weighted by Gasteiger charge is 2.17. The number of rotatable bonds is 4. The van der Waals surface area contributed by atoms with Crippen molar-refractivity contribution in [2.45, 2.75) is 5.16 Å². The number of anilines is 1. The fourth-order valence-electron chi connectivity index (χ4n) is 2.58. The zero-order chi connectivity index (χ0) is 19.0.